The van der Waals surface area contributed by atoms with Crippen LogP contribution in [0.5, 0.6) is 0 Å². The predicted molar refractivity (Wildman–Crippen MR) is 104 cm³/mol. The number of alkyl halides is 3. The number of rotatable bonds is 4. The lowest BCUT2D eigenvalue weighted by atomic mass is 10.1. The van der Waals surface area contributed by atoms with Crippen molar-refractivity contribution >= 4 is 17.0 Å². The first-order valence-corrected chi connectivity index (χ1v) is 9.08. The molecule has 0 saturated heterocycles. The van der Waals surface area contributed by atoms with Crippen molar-refractivity contribution < 1.29 is 22.4 Å². The summed E-state index contributed by atoms with van der Waals surface area (Å²) in [6.45, 7) is 1.85. The minimum atomic E-state index is -4.41. The van der Waals surface area contributed by atoms with Crippen LogP contribution >= 0.6 is 0 Å². The molecular weight excluding hydrogens is 397 g/mol. The maximum atomic E-state index is 12.7. The SMILES string of the molecule is CC(NC(=O)c1ccc2oc(-c3ccc(C(F)(F)F)cc3)nc2c1)c1cnn(C)c1. The molecule has 0 bridgehead atoms. The summed E-state index contributed by atoms with van der Waals surface area (Å²) in [5.41, 5.74) is 1.80. The summed E-state index contributed by atoms with van der Waals surface area (Å²) in [5, 5.41) is 6.98. The van der Waals surface area contributed by atoms with Gasteiger partial charge in [-0.3, -0.25) is 9.48 Å². The number of aryl methyl sites for hydroxylation is 1. The Balaban J connectivity index is 1.55. The number of aromatic nitrogens is 3. The zero-order chi connectivity index (χ0) is 21.5. The van der Waals surface area contributed by atoms with E-state index in [1.54, 1.807) is 36.1 Å². The van der Waals surface area contributed by atoms with Crippen molar-refractivity contribution in [2.75, 3.05) is 0 Å². The van der Waals surface area contributed by atoms with E-state index in [0.29, 0.717) is 22.2 Å². The predicted octanol–water partition coefficient (Wildman–Crippen LogP) is 4.74. The van der Waals surface area contributed by atoms with E-state index >= 15 is 0 Å². The van der Waals surface area contributed by atoms with Crippen LogP contribution in [-0.2, 0) is 13.2 Å². The first kappa shape index (κ1) is 19.7. The number of amides is 1. The molecule has 0 aliphatic heterocycles. The van der Waals surface area contributed by atoms with E-state index in [9.17, 15) is 18.0 Å². The first-order chi connectivity index (χ1) is 14.2. The van der Waals surface area contributed by atoms with Crippen molar-refractivity contribution in [3.8, 4) is 11.5 Å². The van der Waals surface area contributed by atoms with Gasteiger partial charge in [0.15, 0.2) is 5.58 Å². The van der Waals surface area contributed by atoms with Crippen LogP contribution in [0.25, 0.3) is 22.6 Å². The van der Waals surface area contributed by atoms with E-state index in [1.807, 2.05) is 13.1 Å². The Bertz CT molecular complexity index is 1210. The monoisotopic (exact) mass is 414 g/mol. The Morgan fingerprint density at radius 2 is 1.90 bits per heavy atom. The van der Waals surface area contributed by atoms with Gasteiger partial charge in [-0.15, -0.1) is 0 Å². The lowest BCUT2D eigenvalue weighted by molar-refractivity contribution is -0.137. The van der Waals surface area contributed by atoms with Gasteiger partial charge in [-0.1, -0.05) is 0 Å². The molecule has 4 rings (SSSR count). The molecule has 1 atom stereocenters. The molecule has 0 spiro atoms. The standard InChI is InChI=1S/C21H17F3N4O2/c1-12(15-10-25-28(2)11-15)26-19(29)14-5-8-18-17(9-14)27-20(30-18)13-3-6-16(7-4-13)21(22,23)24/h3-12H,1-2H3,(H,26,29). The molecular formula is C21H17F3N4O2. The number of halogens is 3. The van der Waals surface area contributed by atoms with Crippen LogP contribution in [0.15, 0.2) is 59.3 Å². The lowest BCUT2D eigenvalue weighted by Crippen LogP contribution is -2.26. The number of nitrogens with zero attached hydrogens (tertiary/aromatic N) is 3. The van der Waals surface area contributed by atoms with Crippen LogP contribution in [-0.4, -0.2) is 20.7 Å². The third-order valence-corrected chi connectivity index (χ3v) is 4.68. The van der Waals surface area contributed by atoms with Crippen LogP contribution in [0.4, 0.5) is 13.2 Å². The first-order valence-electron chi connectivity index (χ1n) is 9.08. The number of hydrogen-bond donors (Lipinski definition) is 1. The fraction of sp³-hybridized carbons (Fsp3) is 0.190. The van der Waals surface area contributed by atoms with Crippen LogP contribution < -0.4 is 5.32 Å². The van der Waals surface area contributed by atoms with E-state index in [2.05, 4.69) is 15.4 Å². The molecule has 2 heterocycles. The van der Waals surface area contributed by atoms with E-state index in [0.717, 1.165) is 17.7 Å². The van der Waals surface area contributed by atoms with Crippen LogP contribution in [0.1, 0.15) is 34.5 Å². The zero-order valence-electron chi connectivity index (χ0n) is 16.1. The fourth-order valence-corrected chi connectivity index (χ4v) is 3.02. The Morgan fingerprint density at radius 3 is 2.53 bits per heavy atom. The second-order valence-electron chi connectivity index (χ2n) is 6.92. The van der Waals surface area contributed by atoms with Crippen LogP contribution in [0.3, 0.4) is 0 Å². The number of oxazole rings is 1. The van der Waals surface area contributed by atoms with Crippen molar-refractivity contribution in [2.24, 2.45) is 7.05 Å². The minimum Gasteiger partial charge on any atom is -0.436 e. The second-order valence-corrected chi connectivity index (χ2v) is 6.92. The summed E-state index contributed by atoms with van der Waals surface area (Å²) in [4.78, 5) is 16.9. The largest absolute Gasteiger partial charge is 0.436 e. The van der Waals surface area contributed by atoms with Gasteiger partial charge >= 0.3 is 6.18 Å². The second kappa shape index (κ2) is 7.33. The Hall–Kier alpha value is -3.62. The fourth-order valence-electron chi connectivity index (χ4n) is 3.02. The molecule has 9 heteroatoms. The molecule has 1 amide bonds. The Kier molecular flexibility index (Phi) is 4.81. The molecule has 0 radical (unpaired) electrons. The molecule has 0 fully saturated rings. The van der Waals surface area contributed by atoms with E-state index in [1.165, 1.54) is 12.1 Å². The number of hydrogen-bond acceptors (Lipinski definition) is 4. The smallest absolute Gasteiger partial charge is 0.416 e. The normalized spacial score (nSPS) is 12.8. The molecule has 1 N–H and O–H groups in total. The summed E-state index contributed by atoms with van der Waals surface area (Å²) in [5.74, 6) is -0.104. The number of nitrogens with one attached hydrogen (secondary N) is 1. The van der Waals surface area contributed by atoms with E-state index < -0.39 is 11.7 Å². The van der Waals surface area contributed by atoms with Crippen LogP contribution in [0, 0.1) is 0 Å². The molecule has 1 unspecified atom stereocenters. The van der Waals surface area contributed by atoms with Gasteiger partial charge in [0.25, 0.3) is 5.91 Å². The molecule has 154 valence electrons. The van der Waals surface area contributed by atoms with Crippen molar-refractivity contribution in [1.29, 1.82) is 0 Å². The average Bonchev–Trinajstić information content (AvgIpc) is 3.33. The highest BCUT2D eigenvalue weighted by atomic mass is 19.4. The van der Waals surface area contributed by atoms with Crippen molar-refractivity contribution in [1.82, 2.24) is 20.1 Å². The Morgan fingerprint density at radius 1 is 1.17 bits per heavy atom. The van der Waals surface area contributed by atoms with Gasteiger partial charge in [0.05, 0.1) is 17.8 Å². The molecule has 2 aromatic carbocycles. The third kappa shape index (κ3) is 3.91. The summed E-state index contributed by atoms with van der Waals surface area (Å²) in [6.07, 6.45) is -0.904. The summed E-state index contributed by atoms with van der Waals surface area (Å²) in [7, 11) is 1.80. The summed E-state index contributed by atoms with van der Waals surface area (Å²) in [6, 6.07) is 9.12. The number of carbonyl (C=O) groups excluding carboxylic acids is 1. The van der Waals surface area contributed by atoms with Crippen molar-refractivity contribution in [3.05, 3.63) is 71.5 Å². The highest BCUT2D eigenvalue weighted by Gasteiger charge is 2.30. The third-order valence-electron chi connectivity index (χ3n) is 4.68. The van der Waals surface area contributed by atoms with Gasteiger partial charge in [-0.25, -0.2) is 4.98 Å². The minimum absolute atomic E-state index is 0.181. The van der Waals surface area contributed by atoms with Gasteiger partial charge in [0.2, 0.25) is 5.89 Å². The van der Waals surface area contributed by atoms with Gasteiger partial charge in [-0.05, 0) is 49.4 Å². The highest BCUT2D eigenvalue weighted by molar-refractivity contribution is 5.97. The van der Waals surface area contributed by atoms with Gasteiger partial charge in [-0.2, -0.15) is 18.3 Å². The topological polar surface area (TPSA) is 73.0 Å². The number of benzene rings is 2. The molecule has 4 aromatic rings. The zero-order valence-corrected chi connectivity index (χ0v) is 16.1. The van der Waals surface area contributed by atoms with Gasteiger partial charge in [0.1, 0.15) is 5.52 Å². The molecule has 0 saturated carbocycles. The van der Waals surface area contributed by atoms with Gasteiger partial charge < -0.3 is 9.73 Å². The Labute approximate surface area is 169 Å². The highest BCUT2D eigenvalue weighted by Crippen LogP contribution is 2.31. The molecule has 30 heavy (non-hydrogen) atoms. The average molecular weight is 414 g/mol. The van der Waals surface area contributed by atoms with E-state index in [-0.39, 0.29) is 17.8 Å². The van der Waals surface area contributed by atoms with Crippen molar-refractivity contribution in [3.63, 3.8) is 0 Å². The van der Waals surface area contributed by atoms with Gasteiger partial charge in [0, 0.05) is 29.9 Å². The molecule has 0 aliphatic carbocycles. The maximum absolute atomic E-state index is 12.7. The summed E-state index contributed by atoms with van der Waals surface area (Å²) < 4.78 is 45.5. The quantitative estimate of drug-likeness (QED) is 0.524. The molecule has 2 aromatic heterocycles. The summed E-state index contributed by atoms with van der Waals surface area (Å²) >= 11 is 0. The number of fused-ring (bicyclic) bond motifs is 1. The lowest BCUT2D eigenvalue weighted by Gasteiger charge is -2.11. The van der Waals surface area contributed by atoms with Crippen LogP contribution in [0.2, 0.25) is 0 Å². The number of carbonyl (C=O) groups is 1. The van der Waals surface area contributed by atoms with Crippen molar-refractivity contribution in [2.45, 2.75) is 19.1 Å². The molecule has 6 nitrogen and oxygen atoms in total. The maximum Gasteiger partial charge on any atom is 0.416 e. The molecule has 0 aliphatic rings. The van der Waals surface area contributed by atoms with E-state index in [4.69, 9.17) is 4.42 Å².